The molecular formula is C15H23N3O. The first kappa shape index (κ1) is 13.8. The van der Waals surface area contributed by atoms with E-state index in [1.54, 1.807) is 6.20 Å². The number of aromatic nitrogens is 1. The van der Waals surface area contributed by atoms with Crippen LogP contribution in [0.25, 0.3) is 0 Å². The zero-order valence-corrected chi connectivity index (χ0v) is 11.8. The predicted octanol–water partition coefficient (Wildman–Crippen LogP) is 2.82. The van der Waals surface area contributed by atoms with Gasteiger partial charge in [-0.05, 0) is 43.7 Å². The SMILES string of the molecule is CCCC1(CNc2ccnc(C(=O)NCC)c2)CC1. The summed E-state index contributed by atoms with van der Waals surface area (Å²) in [4.78, 5) is 15.8. The summed E-state index contributed by atoms with van der Waals surface area (Å²) in [6.07, 6.45) is 6.85. The monoisotopic (exact) mass is 261 g/mol. The quantitative estimate of drug-likeness (QED) is 0.793. The second-order valence-electron chi connectivity index (χ2n) is 5.39. The number of rotatable bonds is 7. The fourth-order valence-corrected chi connectivity index (χ4v) is 2.43. The number of carbonyl (C=O) groups excluding carboxylic acids is 1. The third kappa shape index (κ3) is 3.69. The molecule has 4 heteroatoms. The van der Waals surface area contributed by atoms with E-state index in [-0.39, 0.29) is 5.91 Å². The molecule has 0 spiro atoms. The van der Waals surface area contributed by atoms with Crippen LogP contribution in [0.15, 0.2) is 18.3 Å². The fourth-order valence-electron chi connectivity index (χ4n) is 2.43. The maximum absolute atomic E-state index is 11.7. The number of anilines is 1. The zero-order chi connectivity index (χ0) is 13.7. The highest BCUT2D eigenvalue weighted by Crippen LogP contribution is 2.49. The number of nitrogens with one attached hydrogen (secondary N) is 2. The Morgan fingerprint density at radius 3 is 2.84 bits per heavy atom. The Kier molecular flexibility index (Phi) is 4.40. The minimum atomic E-state index is -0.110. The predicted molar refractivity (Wildman–Crippen MR) is 77.3 cm³/mol. The van der Waals surface area contributed by atoms with Crippen molar-refractivity contribution >= 4 is 11.6 Å². The average molecular weight is 261 g/mol. The van der Waals surface area contributed by atoms with Crippen LogP contribution in [0.3, 0.4) is 0 Å². The molecule has 1 aliphatic carbocycles. The lowest BCUT2D eigenvalue weighted by molar-refractivity contribution is 0.0951. The van der Waals surface area contributed by atoms with Crippen molar-refractivity contribution in [3.05, 3.63) is 24.0 Å². The lowest BCUT2D eigenvalue weighted by Gasteiger charge is -2.16. The molecule has 0 radical (unpaired) electrons. The minimum Gasteiger partial charge on any atom is -0.384 e. The van der Waals surface area contributed by atoms with Crippen LogP contribution in [-0.4, -0.2) is 24.0 Å². The van der Waals surface area contributed by atoms with Gasteiger partial charge in [0.1, 0.15) is 5.69 Å². The third-order valence-corrected chi connectivity index (χ3v) is 3.73. The summed E-state index contributed by atoms with van der Waals surface area (Å²) in [5.74, 6) is -0.110. The summed E-state index contributed by atoms with van der Waals surface area (Å²) >= 11 is 0. The van der Waals surface area contributed by atoms with Gasteiger partial charge in [0, 0.05) is 25.0 Å². The lowest BCUT2D eigenvalue weighted by atomic mass is 10.0. The highest BCUT2D eigenvalue weighted by molar-refractivity contribution is 5.93. The van der Waals surface area contributed by atoms with Crippen LogP contribution in [0.2, 0.25) is 0 Å². The second kappa shape index (κ2) is 6.04. The van der Waals surface area contributed by atoms with Crippen LogP contribution in [0, 0.1) is 5.41 Å². The molecule has 104 valence electrons. The molecule has 0 atom stereocenters. The maximum Gasteiger partial charge on any atom is 0.269 e. The van der Waals surface area contributed by atoms with E-state index >= 15 is 0 Å². The Hall–Kier alpha value is -1.58. The van der Waals surface area contributed by atoms with Crippen molar-refractivity contribution in [2.75, 3.05) is 18.4 Å². The molecule has 0 unspecified atom stereocenters. The number of carbonyl (C=O) groups is 1. The molecule has 2 N–H and O–H groups in total. The first-order valence-electron chi connectivity index (χ1n) is 7.17. The van der Waals surface area contributed by atoms with E-state index in [1.807, 2.05) is 19.1 Å². The van der Waals surface area contributed by atoms with Crippen molar-refractivity contribution in [1.82, 2.24) is 10.3 Å². The Balaban J connectivity index is 1.94. The van der Waals surface area contributed by atoms with Crippen LogP contribution >= 0.6 is 0 Å². The fraction of sp³-hybridized carbons (Fsp3) is 0.600. The van der Waals surface area contributed by atoms with Gasteiger partial charge < -0.3 is 10.6 Å². The van der Waals surface area contributed by atoms with E-state index in [9.17, 15) is 4.79 Å². The van der Waals surface area contributed by atoms with Gasteiger partial charge in [0.15, 0.2) is 0 Å². The molecule has 1 fully saturated rings. The Morgan fingerprint density at radius 1 is 1.42 bits per heavy atom. The molecule has 4 nitrogen and oxygen atoms in total. The number of pyridine rings is 1. The van der Waals surface area contributed by atoms with Gasteiger partial charge in [0.2, 0.25) is 0 Å². The van der Waals surface area contributed by atoms with Gasteiger partial charge >= 0.3 is 0 Å². The molecule has 0 aliphatic heterocycles. The third-order valence-electron chi connectivity index (χ3n) is 3.73. The summed E-state index contributed by atoms with van der Waals surface area (Å²) in [5, 5.41) is 6.21. The molecule has 1 aromatic rings. The van der Waals surface area contributed by atoms with Gasteiger partial charge in [-0.25, -0.2) is 0 Å². The minimum absolute atomic E-state index is 0.110. The van der Waals surface area contributed by atoms with Crippen LogP contribution in [0.1, 0.15) is 50.0 Å². The smallest absolute Gasteiger partial charge is 0.269 e. The highest BCUT2D eigenvalue weighted by Gasteiger charge is 2.40. The average Bonchev–Trinajstić information content (AvgIpc) is 3.18. The summed E-state index contributed by atoms with van der Waals surface area (Å²) in [7, 11) is 0. The maximum atomic E-state index is 11.7. The van der Waals surface area contributed by atoms with E-state index in [0.717, 1.165) is 12.2 Å². The lowest BCUT2D eigenvalue weighted by Crippen LogP contribution is -2.24. The number of nitrogens with zero attached hydrogens (tertiary/aromatic N) is 1. The van der Waals surface area contributed by atoms with Crippen molar-refractivity contribution in [2.45, 2.75) is 39.5 Å². The normalized spacial score (nSPS) is 15.9. The zero-order valence-electron chi connectivity index (χ0n) is 11.8. The highest BCUT2D eigenvalue weighted by atomic mass is 16.1. The van der Waals surface area contributed by atoms with Crippen molar-refractivity contribution in [1.29, 1.82) is 0 Å². The number of hydrogen-bond acceptors (Lipinski definition) is 3. The summed E-state index contributed by atoms with van der Waals surface area (Å²) < 4.78 is 0. The van der Waals surface area contributed by atoms with Crippen molar-refractivity contribution < 1.29 is 4.79 Å². The number of hydrogen-bond donors (Lipinski definition) is 2. The second-order valence-corrected chi connectivity index (χ2v) is 5.39. The van der Waals surface area contributed by atoms with E-state index in [0.29, 0.717) is 17.7 Å². The van der Waals surface area contributed by atoms with E-state index in [4.69, 9.17) is 0 Å². The van der Waals surface area contributed by atoms with Crippen LogP contribution < -0.4 is 10.6 Å². The van der Waals surface area contributed by atoms with Crippen molar-refractivity contribution in [3.63, 3.8) is 0 Å². The van der Waals surface area contributed by atoms with Crippen LogP contribution in [-0.2, 0) is 0 Å². The summed E-state index contributed by atoms with van der Waals surface area (Å²) in [6.45, 7) is 5.76. The topological polar surface area (TPSA) is 54.0 Å². The van der Waals surface area contributed by atoms with Crippen LogP contribution in [0.5, 0.6) is 0 Å². The molecule has 1 amide bonds. The largest absolute Gasteiger partial charge is 0.384 e. The standard InChI is InChI=1S/C15H23N3O/c1-3-6-15(7-8-15)11-18-12-5-9-17-13(10-12)14(19)16-4-2/h5,9-10H,3-4,6-8,11H2,1-2H3,(H,16,19)(H,17,18). The number of amides is 1. The Morgan fingerprint density at radius 2 is 2.21 bits per heavy atom. The van der Waals surface area contributed by atoms with E-state index in [2.05, 4.69) is 22.5 Å². The van der Waals surface area contributed by atoms with Gasteiger partial charge in [0.05, 0.1) is 0 Å². The first-order valence-corrected chi connectivity index (χ1v) is 7.17. The molecule has 2 rings (SSSR count). The Bertz CT molecular complexity index is 441. The van der Waals surface area contributed by atoms with Gasteiger partial charge in [0.25, 0.3) is 5.91 Å². The molecule has 1 heterocycles. The van der Waals surface area contributed by atoms with Gasteiger partial charge in [-0.2, -0.15) is 0 Å². The molecular weight excluding hydrogens is 238 g/mol. The van der Waals surface area contributed by atoms with Gasteiger partial charge in [-0.3, -0.25) is 9.78 Å². The van der Waals surface area contributed by atoms with E-state index < -0.39 is 0 Å². The Labute approximate surface area is 115 Å². The van der Waals surface area contributed by atoms with Gasteiger partial charge in [-0.1, -0.05) is 13.3 Å². The molecule has 1 aromatic heterocycles. The molecule has 1 aliphatic rings. The molecule has 1 saturated carbocycles. The van der Waals surface area contributed by atoms with Crippen molar-refractivity contribution in [3.8, 4) is 0 Å². The summed E-state index contributed by atoms with van der Waals surface area (Å²) in [5.41, 5.74) is 1.97. The van der Waals surface area contributed by atoms with Crippen LogP contribution in [0.4, 0.5) is 5.69 Å². The van der Waals surface area contributed by atoms with E-state index in [1.165, 1.54) is 25.7 Å². The molecule has 0 bridgehead atoms. The molecule has 19 heavy (non-hydrogen) atoms. The molecule has 0 saturated heterocycles. The van der Waals surface area contributed by atoms with Crippen molar-refractivity contribution in [2.24, 2.45) is 5.41 Å². The summed E-state index contributed by atoms with van der Waals surface area (Å²) in [6, 6.07) is 3.75. The molecule has 0 aromatic carbocycles. The first-order chi connectivity index (χ1) is 9.19. The van der Waals surface area contributed by atoms with Gasteiger partial charge in [-0.15, -0.1) is 0 Å².